The zero-order valence-corrected chi connectivity index (χ0v) is 17.1. The lowest BCUT2D eigenvalue weighted by Gasteiger charge is -2.31. The Bertz CT molecular complexity index is 1020. The molecule has 29 heavy (non-hydrogen) atoms. The third-order valence-electron chi connectivity index (χ3n) is 5.44. The largest absolute Gasteiger partial charge is 0.477 e. The number of carboxylic acids is 1. The van der Waals surface area contributed by atoms with Gasteiger partial charge < -0.3 is 10.0 Å². The van der Waals surface area contributed by atoms with E-state index in [1.54, 1.807) is 4.90 Å². The molecule has 1 amide bonds. The quantitative estimate of drug-likeness (QED) is 0.568. The number of rotatable bonds is 6. The first-order valence-electron chi connectivity index (χ1n) is 9.82. The van der Waals surface area contributed by atoms with Gasteiger partial charge in [-0.05, 0) is 37.0 Å². The normalized spacial score (nSPS) is 13.7. The zero-order valence-electron chi connectivity index (χ0n) is 16.3. The van der Waals surface area contributed by atoms with Gasteiger partial charge >= 0.3 is 5.97 Å². The second kappa shape index (κ2) is 8.21. The van der Waals surface area contributed by atoms with E-state index in [2.05, 4.69) is 0 Å². The molecule has 4 rings (SSSR count). The number of benzene rings is 2. The van der Waals surface area contributed by atoms with E-state index in [4.69, 9.17) is 0 Å². The number of carboxylic acid groups (broad SMARTS) is 1. The lowest BCUT2D eigenvalue weighted by Crippen LogP contribution is -2.39. The summed E-state index contributed by atoms with van der Waals surface area (Å²) in [6.45, 7) is 2.40. The fraction of sp³-hybridized carbons (Fsp3) is 0.250. The molecule has 0 aliphatic heterocycles. The van der Waals surface area contributed by atoms with Crippen LogP contribution in [0.3, 0.4) is 0 Å². The Labute approximate surface area is 174 Å². The van der Waals surface area contributed by atoms with Crippen LogP contribution in [0.4, 0.5) is 5.69 Å². The monoisotopic (exact) mass is 405 g/mol. The number of carbonyl (C=O) groups is 2. The molecule has 4 nitrogen and oxygen atoms in total. The van der Waals surface area contributed by atoms with Gasteiger partial charge in [0.2, 0.25) is 5.91 Å². The van der Waals surface area contributed by atoms with Crippen molar-refractivity contribution in [2.75, 3.05) is 4.90 Å². The average molecular weight is 406 g/mol. The van der Waals surface area contributed by atoms with Gasteiger partial charge in [-0.1, -0.05) is 66.6 Å². The molecule has 0 saturated heterocycles. The predicted molar refractivity (Wildman–Crippen MR) is 116 cm³/mol. The molecule has 2 aromatic carbocycles. The second-order valence-electron chi connectivity index (χ2n) is 7.53. The van der Waals surface area contributed by atoms with E-state index in [9.17, 15) is 14.7 Å². The van der Waals surface area contributed by atoms with E-state index >= 15 is 0 Å². The molecule has 5 heteroatoms. The number of nitrogens with zero attached hydrogens (tertiary/aromatic N) is 1. The smallest absolute Gasteiger partial charge is 0.348 e. The van der Waals surface area contributed by atoms with Crippen LogP contribution in [0.1, 0.15) is 40.1 Å². The Morgan fingerprint density at radius 1 is 1.07 bits per heavy atom. The molecule has 1 N–H and O–H groups in total. The standard InChI is InChI=1S/C24H23NO3S/c1-16-10-12-17(13-11-16)15-25(23(26)19-8-5-9-19)20-14-21(29-22(20)24(27)28)18-6-3-2-4-7-18/h2-4,6-7,10-14,19H,5,8-9,15H2,1H3,(H,27,28). The summed E-state index contributed by atoms with van der Waals surface area (Å²) >= 11 is 1.22. The summed E-state index contributed by atoms with van der Waals surface area (Å²) in [7, 11) is 0. The first kappa shape index (κ1) is 19.4. The van der Waals surface area contributed by atoms with Crippen LogP contribution in [0.2, 0.25) is 0 Å². The second-order valence-corrected chi connectivity index (χ2v) is 8.59. The van der Waals surface area contributed by atoms with Crippen LogP contribution in [0.25, 0.3) is 10.4 Å². The van der Waals surface area contributed by atoms with Crippen LogP contribution in [0.5, 0.6) is 0 Å². The van der Waals surface area contributed by atoms with E-state index in [-0.39, 0.29) is 16.7 Å². The van der Waals surface area contributed by atoms with Gasteiger partial charge in [0.05, 0.1) is 12.2 Å². The van der Waals surface area contributed by atoms with E-state index in [0.717, 1.165) is 40.8 Å². The maximum Gasteiger partial charge on any atom is 0.348 e. The number of aromatic carboxylic acids is 1. The maximum absolute atomic E-state index is 13.3. The first-order valence-corrected chi connectivity index (χ1v) is 10.6. The molecule has 3 aromatic rings. The molecule has 1 aliphatic carbocycles. The molecule has 0 atom stereocenters. The third-order valence-corrected chi connectivity index (χ3v) is 6.60. The lowest BCUT2D eigenvalue weighted by atomic mass is 9.84. The highest BCUT2D eigenvalue weighted by atomic mass is 32.1. The van der Waals surface area contributed by atoms with Crippen molar-refractivity contribution in [3.05, 3.63) is 76.7 Å². The number of amides is 1. The number of aryl methyl sites for hydroxylation is 1. The van der Waals surface area contributed by atoms with Crippen molar-refractivity contribution in [2.45, 2.75) is 32.7 Å². The molecular formula is C24H23NO3S. The lowest BCUT2D eigenvalue weighted by molar-refractivity contribution is -0.124. The van der Waals surface area contributed by atoms with Gasteiger partial charge in [0.25, 0.3) is 0 Å². The summed E-state index contributed by atoms with van der Waals surface area (Å²) < 4.78 is 0. The fourth-order valence-electron chi connectivity index (χ4n) is 3.51. The molecule has 148 valence electrons. The van der Waals surface area contributed by atoms with Gasteiger partial charge in [-0.2, -0.15) is 0 Å². The van der Waals surface area contributed by atoms with Crippen molar-refractivity contribution >= 4 is 28.9 Å². The van der Waals surface area contributed by atoms with Gasteiger partial charge in [0.15, 0.2) is 0 Å². The number of thiophene rings is 1. The van der Waals surface area contributed by atoms with Crippen LogP contribution >= 0.6 is 11.3 Å². The minimum Gasteiger partial charge on any atom is -0.477 e. The van der Waals surface area contributed by atoms with Crippen LogP contribution in [0.15, 0.2) is 60.7 Å². The molecule has 0 spiro atoms. The van der Waals surface area contributed by atoms with Crippen LogP contribution < -0.4 is 4.90 Å². The van der Waals surface area contributed by atoms with Gasteiger partial charge in [-0.15, -0.1) is 11.3 Å². The average Bonchev–Trinajstić information content (AvgIpc) is 3.12. The number of hydrogen-bond acceptors (Lipinski definition) is 3. The number of hydrogen-bond donors (Lipinski definition) is 1. The summed E-state index contributed by atoms with van der Waals surface area (Å²) in [6.07, 6.45) is 2.81. The fourth-order valence-corrected chi connectivity index (χ4v) is 4.52. The summed E-state index contributed by atoms with van der Waals surface area (Å²) in [6, 6.07) is 19.6. The third kappa shape index (κ3) is 4.10. The Balaban J connectivity index is 1.76. The minimum absolute atomic E-state index is 0.0119. The van der Waals surface area contributed by atoms with Crippen molar-refractivity contribution < 1.29 is 14.7 Å². The van der Waals surface area contributed by atoms with Gasteiger partial charge in [-0.3, -0.25) is 4.79 Å². The SMILES string of the molecule is Cc1ccc(CN(C(=O)C2CCC2)c2cc(-c3ccccc3)sc2C(=O)O)cc1. The number of carbonyl (C=O) groups excluding carboxylic acids is 1. The van der Waals surface area contributed by atoms with Crippen molar-refractivity contribution in [2.24, 2.45) is 5.92 Å². The zero-order chi connectivity index (χ0) is 20.4. The van der Waals surface area contributed by atoms with Crippen molar-refractivity contribution in [3.63, 3.8) is 0 Å². The van der Waals surface area contributed by atoms with Gasteiger partial charge in [0.1, 0.15) is 4.88 Å². The van der Waals surface area contributed by atoms with Crippen LogP contribution in [0, 0.1) is 12.8 Å². The molecule has 1 aromatic heterocycles. The van der Waals surface area contributed by atoms with Crippen molar-refractivity contribution in [1.29, 1.82) is 0 Å². The summed E-state index contributed by atoms with van der Waals surface area (Å²) in [5, 5.41) is 9.84. The van der Waals surface area contributed by atoms with E-state index < -0.39 is 5.97 Å². The topological polar surface area (TPSA) is 57.6 Å². The summed E-state index contributed by atoms with van der Waals surface area (Å²) in [5.41, 5.74) is 3.60. The minimum atomic E-state index is -0.998. The van der Waals surface area contributed by atoms with Gasteiger partial charge in [-0.25, -0.2) is 4.79 Å². The molecule has 0 bridgehead atoms. The summed E-state index contributed by atoms with van der Waals surface area (Å²) in [5.74, 6) is -0.985. The molecule has 0 radical (unpaired) electrons. The Morgan fingerprint density at radius 3 is 2.34 bits per heavy atom. The Kier molecular flexibility index (Phi) is 5.49. The van der Waals surface area contributed by atoms with Crippen molar-refractivity contribution in [3.8, 4) is 10.4 Å². The highest BCUT2D eigenvalue weighted by molar-refractivity contribution is 7.18. The van der Waals surface area contributed by atoms with E-state index in [1.807, 2.05) is 67.6 Å². The van der Waals surface area contributed by atoms with Crippen LogP contribution in [-0.2, 0) is 11.3 Å². The molecule has 1 fully saturated rings. The van der Waals surface area contributed by atoms with Crippen LogP contribution in [-0.4, -0.2) is 17.0 Å². The molecule has 1 heterocycles. The van der Waals surface area contributed by atoms with E-state index in [1.165, 1.54) is 11.3 Å². The first-order chi connectivity index (χ1) is 14.0. The Morgan fingerprint density at radius 2 is 1.76 bits per heavy atom. The maximum atomic E-state index is 13.3. The molecular weight excluding hydrogens is 382 g/mol. The summed E-state index contributed by atoms with van der Waals surface area (Å²) in [4.78, 5) is 28.0. The van der Waals surface area contributed by atoms with E-state index in [0.29, 0.717) is 12.2 Å². The Hall–Kier alpha value is -2.92. The molecule has 1 saturated carbocycles. The highest BCUT2D eigenvalue weighted by Crippen LogP contribution is 2.39. The highest BCUT2D eigenvalue weighted by Gasteiger charge is 2.33. The number of anilines is 1. The predicted octanol–water partition coefficient (Wildman–Crippen LogP) is 5.76. The van der Waals surface area contributed by atoms with Crippen molar-refractivity contribution in [1.82, 2.24) is 0 Å². The van der Waals surface area contributed by atoms with Gasteiger partial charge in [0, 0.05) is 10.8 Å². The molecule has 0 unspecified atom stereocenters. The molecule has 1 aliphatic rings.